The van der Waals surface area contributed by atoms with Crippen LogP contribution in [0.15, 0.2) is 0 Å². The molecule has 0 radical (unpaired) electrons. The van der Waals surface area contributed by atoms with Gasteiger partial charge in [-0.05, 0) is 102 Å². The summed E-state index contributed by atoms with van der Waals surface area (Å²) in [4.78, 5) is 20.5. The first kappa shape index (κ1) is 22.1. The van der Waals surface area contributed by atoms with E-state index in [2.05, 4.69) is 35.5 Å². The van der Waals surface area contributed by atoms with Gasteiger partial charge in [0.2, 0.25) is 0 Å². The highest BCUT2D eigenvalue weighted by Crippen LogP contribution is 2.60. The molecule has 182 valence electrons. The third-order valence-corrected chi connectivity index (χ3v) is 9.99. The number of fused-ring (bicyclic) bond motifs is 1. The van der Waals surface area contributed by atoms with E-state index in [-0.39, 0.29) is 5.91 Å². The van der Waals surface area contributed by atoms with Gasteiger partial charge in [0.05, 0.1) is 0 Å². The molecule has 1 aliphatic heterocycles. The number of amides is 1. The van der Waals surface area contributed by atoms with Crippen molar-refractivity contribution in [2.75, 3.05) is 46.8 Å². The van der Waals surface area contributed by atoms with Crippen molar-refractivity contribution in [2.45, 2.75) is 77.3 Å². The second-order valence-corrected chi connectivity index (χ2v) is 12.4. The highest BCUT2D eigenvalue weighted by molar-refractivity contribution is 5.94. The van der Waals surface area contributed by atoms with E-state index in [4.69, 9.17) is 5.10 Å². The molecule has 0 N–H and O–H groups in total. The number of aromatic nitrogens is 2. The van der Waals surface area contributed by atoms with Gasteiger partial charge in [-0.1, -0.05) is 0 Å². The van der Waals surface area contributed by atoms with Crippen LogP contribution < -0.4 is 0 Å². The third kappa shape index (κ3) is 3.95. The van der Waals surface area contributed by atoms with Crippen LogP contribution in [0.25, 0.3) is 0 Å². The van der Waals surface area contributed by atoms with E-state index in [1.54, 1.807) is 0 Å². The molecule has 5 fully saturated rings. The number of nitrogens with zero attached hydrogens (tertiary/aromatic N) is 5. The lowest BCUT2D eigenvalue weighted by molar-refractivity contribution is -0.0712. The van der Waals surface area contributed by atoms with Gasteiger partial charge in [-0.25, -0.2) is 0 Å². The normalized spacial score (nSPS) is 35.9. The van der Waals surface area contributed by atoms with E-state index >= 15 is 0 Å². The SMILES string of the molecule is CCn1nc(C(=O)N2CCN(C)CC2)c2c1CCC(N(C)CC13CC4CC(CC(C4)C1)C3)C2. The number of hydrogen-bond donors (Lipinski definition) is 0. The smallest absolute Gasteiger partial charge is 0.274 e. The fraction of sp³-hybridized carbons (Fsp3) is 0.852. The van der Waals surface area contributed by atoms with E-state index in [1.165, 1.54) is 62.7 Å². The van der Waals surface area contributed by atoms with Gasteiger partial charge in [-0.3, -0.25) is 9.48 Å². The van der Waals surface area contributed by atoms with Crippen molar-refractivity contribution < 1.29 is 4.79 Å². The van der Waals surface area contributed by atoms with Crippen molar-refractivity contribution in [3.8, 4) is 0 Å². The molecule has 1 atom stereocenters. The predicted octanol–water partition coefficient (Wildman–Crippen LogP) is 3.30. The summed E-state index contributed by atoms with van der Waals surface area (Å²) in [7, 11) is 4.51. The van der Waals surface area contributed by atoms with Gasteiger partial charge >= 0.3 is 0 Å². The molecule has 0 spiro atoms. The maximum absolute atomic E-state index is 13.5. The van der Waals surface area contributed by atoms with Crippen molar-refractivity contribution in [2.24, 2.45) is 23.2 Å². The minimum absolute atomic E-state index is 0.163. The number of hydrogen-bond acceptors (Lipinski definition) is 4. The molecule has 5 aliphatic carbocycles. The highest BCUT2D eigenvalue weighted by atomic mass is 16.2. The zero-order chi connectivity index (χ0) is 22.7. The summed E-state index contributed by atoms with van der Waals surface area (Å²) in [6.45, 7) is 7.82. The Kier molecular flexibility index (Phi) is 5.60. The molecule has 1 aromatic heterocycles. The van der Waals surface area contributed by atoms with E-state index < -0.39 is 0 Å². The first-order chi connectivity index (χ1) is 15.9. The average Bonchev–Trinajstić information content (AvgIpc) is 3.16. The molecule has 6 heteroatoms. The Bertz CT molecular complexity index is 863. The Balaban J connectivity index is 1.19. The Morgan fingerprint density at radius 2 is 1.70 bits per heavy atom. The molecule has 6 aliphatic rings. The van der Waals surface area contributed by atoms with Crippen LogP contribution in [-0.4, -0.2) is 83.2 Å². The van der Waals surface area contributed by atoms with E-state index in [1.807, 2.05) is 4.90 Å². The number of rotatable bonds is 5. The average molecular weight is 454 g/mol. The fourth-order valence-electron chi connectivity index (χ4n) is 8.78. The quantitative estimate of drug-likeness (QED) is 0.686. The minimum Gasteiger partial charge on any atom is -0.335 e. The Hall–Kier alpha value is -1.40. The van der Waals surface area contributed by atoms with Crippen LogP contribution in [0, 0.1) is 23.2 Å². The van der Waals surface area contributed by atoms with Gasteiger partial charge in [-0.15, -0.1) is 0 Å². The number of likely N-dealkylation sites (N-methyl/N-ethyl adjacent to an activating group) is 2. The third-order valence-electron chi connectivity index (χ3n) is 9.99. The molecule has 6 nitrogen and oxygen atoms in total. The van der Waals surface area contributed by atoms with Gasteiger partial charge in [-0.2, -0.15) is 5.10 Å². The number of carbonyl (C=O) groups is 1. The van der Waals surface area contributed by atoms with Crippen LogP contribution in [0.3, 0.4) is 0 Å². The lowest BCUT2D eigenvalue weighted by atomic mass is 9.49. The molecule has 0 aromatic carbocycles. The molecule has 4 saturated carbocycles. The molecule has 1 aromatic rings. The van der Waals surface area contributed by atoms with Gasteiger partial charge in [0.15, 0.2) is 5.69 Å². The molecular weight excluding hydrogens is 410 g/mol. The van der Waals surface area contributed by atoms with Crippen molar-refractivity contribution in [1.82, 2.24) is 24.5 Å². The summed E-state index contributed by atoms with van der Waals surface area (Å²) >= 11 is 0. The maximum atomic E-state index is 13.5. The summed E-state index contributed by atoms with van der Waals surface area (Å²) in [6.07, 6.45) is 12.2. The Labute approximate surface area is 199 Å². The summed E-state index contributed by atoms with van der Waals surface area (Å²) in [5.41, 5.74) is 3.92. The van der Waals surface area contributed by atoms with Crippen molar-refractivity contribution in [3.05, 3.63) is 17.0 Å². The Morgan fingerprint density at radius 1 is 1.06 bits per heavy atom. The predicted molar refractivity (Wildman–Crippen MR) is 130 cm³/mol. The van der Waals surface area contributed by atoms with Crippen LogP contribution in [-0.2, 0) is 19.4 Å². The summed E-state index contributed by atoms with van der Waals surface area (Å²) in [6, 6.07) is 0.541. The highest BCUT2D eigenvalue weighted by Gasteiger charge is 2.51. The van der Waals surface area contributed by atoms with Crippen LogP contribution in [0.1, 0.15) is 73.6 Å². The second-order valence-electron chi connectivity index (χ2n) is 12.4. The molecule has 1 unspecified atom stereocenters. The van der Waals surface area contributed by atoms with Crippen LogP contribution in [0.4, 0.5) is 0 Å². The van der Waals surface area contributed by atoms with Crippen LogP contribution in [0.2, 0.25) is 0 Å². The fourth-order valence-corrected chi connectivity index (χ4v) is 8.78. The summed E-state index contributed by atoms with van der Waals surface area (Å²) in [5, 5.41) is 4.87. The van der Waals surface area contributed by atoms with E-state index in [0.717, 1.165) is 69.0 Å². The van der Waals surface area contributed by atoms with Crippen molar-refractivity contribution >= 4 is 5.91 Å². The van der Waals surface area contributed by atoms with Crippen molar-refractivity contribution in [3.63, 3.8) is 0 Å². The zero-order valence-corrected chi connectivity index (χ0v) is 21.1. The molecule has 7 rings (SSSR count). The van der Waals surface area contributed by atoms with Crippen LogP contribution >= 0.6 is 0 Å². The zero-order valence-electron chi connectivity index (χ0n) is 21.1. The molecule has 1 saturated heterocycles. The largest absolute Gasteiger partial charge is 0.335 e. The second kappa shape index (κ2) is 8.37. The summed E-state index contributed by atoms with van der Waals surface area (Å²) < 4.78 is 2.12. The van der Waals surface area contributed by atoms with Crippen molar-refractivity contribution in [1.29, 1.82) is 0 Å². The Morgan fingerprint density at radius 3 is 2.30 bits per heavy atom. The number of piperazine rings is 1. The molecular formula is C27H43N5O. The molecule has 4 bridgehead atoms. The lowest BCUT2D eigenvalue weighted by Gasteiger charge is -2.58. The van der Waals surface area contributed by atoms with Gasteiger partial charge in [0.25, 0.3) is 5.91 Å². The van der Waals surface area contributed by atoms with Gasteiger partial charge in [0.1, 0.15) is 0 Å². The molecule has 2 heterocycles. The van der Waals surface area contributed by atoms with Gasteiger partial charge < -0.3 is 14.7 Å². The molecule has 33 heavy (non-hydrogen) atoms. The van der Waals surface area contributed by atoms with E-state index in [0.29, 0.717) is 11.5 Å². The van der Waals surface area contributed by atoms with E-state index in [9.17, 15) is 4.79 Å². The first-order valence-electron chi connectivity index (χ1n) is 13.7. The monoisotopic (exact) mass is 453 g/mol. The number of carbonyl (C=O) groups excluding carboxylic acids is 1. The lowest BCUT2D eigenvalue weighted by Crippen LogP contribution is -2.52. The summed E-state index contributed by atoms with van der Waals surface area (Å²) in [5.74, 6) is 3.20. The van der Waals surface area contributed by atoms with Crippen LogP contribution in [0.5, 0.6) is 0 Å². The number of aryl methyl sites for hydroxylation is 1. The molecule has 1 amide bonds. The minimum atomic E-state index is 0.163. The maximum Gasteiger partial charge on any atom is 0.274 e. The van der Waals surface area contributed by atoms with Gasteiger partial charge in [0, 0.05) is 56.6 Å². The first-order valence-corrected chi connectivity index (χ1v) is 13.7. The topological polar surface area (TPSA) is 44.6 Å². The standard InChI is InChI=1S/C27H43N5O/c1-4-32-24-6-5-22(14-23(24)25(28-32)26(33)31-9-7-29(2)8-10-31)30(3)18-27-15-19-11-20(16-27)13-21(12-19)17-27/h19-22H,4-18H2,1-3H3.